The van der Waals surface area contributed by atoms with Gasteiger partial charge in [-0.25, -0.2) is 0 Å². The maximum atomic E-state index is 13.1. The summed E-state index contributed by atoms with van der Waals surface area (Å²) in [5.41, 5.74) is 1.32. The molecule has 2 amide bonds. The van der Waals surface area contributed by atoms with E-state index in [0.717, 1.165) is 36.3 Å². The number of thioether (sulfide) groups is 1. The van der Waals surface area contributed by atoms with E-state index in [1.165, 1.54) is 0 Å². The minimum absolute atomic E-state index is 0.111. The van der Waals surface area contributed by atoms with E-state index < -0.39 is 5.41 Å². The molecule has 2 saturated heterocycles. The third-order valence-corrected chi connectivity index (χ3v) is 7.65. The Balaban J connectivity index is 1.73. The SMILES string of the molecule is Cc1cccc(C(=O)N2CCSC23CCN(C(=O)C(C)(C)CCl)CC3)c1. The lowest BCUT2D eigenvalue weighted by molar-refractivity contribution is -0.140. The van der Waals surface area contributed by atoms with Crippen LogP contribution in [0.3, 0.4) is 0 Å². The zero-order chi connectivity index (χ0) is 18.9. The third-order valence-electron chi connectivity index (χ3n) is 5.43. The standard InChI is InChI=1S/C20H27ClN2O2S/c1-15-5-4-6-16(13-15)17(24)23-11-12-26-20(23)7-9-22(10-8-20)18(25)19(2,3)14-21/h4-6,13H,7-12,14H2,1-3H3. The summed E-state index contributed by atoms with van der Waals surface area (Å²) in [6, 6.07) is 7.80. The smallest absolute Gasteiger partial charge is 0.255 e. The van der Waals surface area contributed by atoms with Gasteiger partial charge in [0.25, 0.3) is 5.91 Å². The Labute approximate surface area is 165 Å². The fourth-order valence-electron chi connectivity index (χ4n) is 3.79. The fourth-order valence-corrected chi connectivity index (χ4v) is 5.36. The van der Waals surface area contributed by atoms with Crippen LogP contribution < -0.4 is 0 Å². The molecule has 4 nitrogen and oxygen atoms in total. The Morgan fingerprint density at radius 1 is 1.23 bits per heavy atom. The van der Waals surface area contributed by atoms with Crippen LogP contribution in [0.4, 0.5) is 0 Å². The topological polar surface area (TPSA) is 40.6 Å². The summed E-state index contributed by atoms with van der Waals surface area (Å²) in [6.45, 7) is 7.94. The Kier molecular flexibility index (Phi) is 5.59. The van der Waals surface area contributed by atoms with Crippen LogP contribution in [0.15, 0.2) is 24.3 Å². The number of rotatable bonds is 3. The first kappa shape index (κ1) is 19.6. The molecule has 2 aliphatic heterocycles. The lowest BCUT2D eigenvalue weighted by Crippen LogP contribution is -2.55. The number of piperidine rings is 1. The van der Waals surface area contributed by atoms with Crippen LogP contribution in [0.25, 0.3) is 0 Å². The number of amides is 2. The Morgan fingerprint density at radius 3 is 2.54 bits per heavy atom. The average molecular weight is 395 g/mol. The quantitative estimate of drug-likeness (QED) is 0.733. The van der Waals surface area contributed by atoms with Gasteiger partial charge in [-0.05, 0) is 45.7 Å². The Bertz CT molecular complexity index is 699. The van der Waals surface area contributed by atoms with Crippen molar-refractivity contribution in [3.8, 4) is 0 Å². The number of likely N-dealkylation sites (tertiary alicyclic amines) is 1. The van der Waals surface area contributed by atoms with E-state index in [9.17, 15) is 9.59 Å². The van der Waals surface area contributed by atoms with Crippen molar-refractivity contribution in [3.05, 3.63) is 35.4 Å². The van der Waals surface area contributed by atoms with Crippen molar-refractivity contribution in [3.63, 3.8) is 0 Å². The molecule has 0 aliphatic carbocycles. The van der Waals surface area contributed by atoms with Crippen molar-refractivity contribution in [1.29, 1.82) is 0 Å². The zero-order valence-electron chi connectivity index (χ0n) is 15.8. The first-order valence-electron chi connectivity index (χ1n) is 9.17. The van der Waals surface area contributed by atoms with Gasteiger partial charge < -0.3 is 9.80 Å². The van der Waals surface area contributed by atoms with Gasteiger partial charge in [0.05, 0.1) is 10.3 Å². The van der Waals surface area contributed by atoms with Crippen molar-refractivity contribution in [2.45, 2.75) is 38.5 Å². The third kappa shape index (κ3) is 3.61. The maximum Gasteiger partial charge on any atom is 0.255 e. The summed E-state index contributed by atoms with van der Waals surface area (Å²) < 4.78 is 0. The van der Waals surface area contributed by atoms with Gasteiger partial charge in [0, 0.05) is 36.8 Å². The van der Waals surface area contributed by atoms with Crippen LogP contribution in [0.1, 0.15) is 42.6 Å². The molecule has 0 unspecified atom stereocenters. The minimum Gasteiger partial charge on any atom is -0.342 e. The number of nitrogens with zero attached hydrogens (tertiary/aromatic N) is 2. The van der Waals surface area contributed by atoms with Gasteiger partial charge in [0.15, 0.2) is 0 Å². The number of hydrogen-bond donors (Lipinski definition) is 0. The molecule has 1 aromatic carbocycles. The Hall–Kier alpha value is -1.20. The molecule has 142 valence electrons. The summed E-state index contributed by atoms with van der Waals surface area (Å²) in [5, 5.41) is 0. The predicted molar refractivity (Wildman–Crippen MR) is 108 cm³/mol. The summed E-state index contributed by atoms with van der Waals surface area (Å²) >= 11 is 7.84. The molecule has 3 rings (SSSR count). The van der Waals surface area contributed by atoms with E-state index in [4.69, 9.17) is 11.6 Å². The summed E-state index contributed by atoms with van der Waals surface area (Å²) in [5.74, 6) is 1.50. The van der Waals surface area contributed by atoms with Gasteiger partial charge in [-0.1, -0.05) is 17.7 Å². The largest absolute Gasteiger partial charge is 0.342 e. The number of alkyl halides is 1. The van der Waals surface area contributed by atoms with E-state index in [1.54, 1.807) is 0 Å². The molecule has 0 N–H and O–H groups in total. The van der Waals surface area contributed by atoms with Crippen LogP contribution in [0.5, 0.6) is 0 Å². The maximum absolute atomic E-state index is 13.1. The molecular formula is C20H27ClN2O2S. The summed E-state index contributed by atoms with van der Waals surface area (Å²) in [6.07, 6.45) is 1.64. The van der Waals surface area contributed by atoms with Gasteiger partial charge in [-0.15, -0.1) is 23.4 Å². The van der Waals surface area contributed by atoms with Gasteiger partial charge in [0.2, 0.25) is 5.91 Å². The number of halogens is 1. The van der Waals surface area contributed by atoms with Crippen LogP contribution in [0.2, 0.25) is 0 Å². The number of benzene rings is 1. The molecule has 0 atom stereocenters. The van der Waals surface area contributed by atoms with E-state index in [-0.39, 0.29) is 16.7 Å². The van der Waals surface area contributed by atoms with Crippen LogP contribution in [-0.4, -0.2) is 57.8 Å². The number of aryl methyl sites for hydroxylation is 1. The molecule has 1 aromatic rings. The molecule has 0 saturated carbocycles. The first-order valence-corrected chi connectivity index (χ1v) is 10.7. The number of carbonyl (C=O) groups is 2. The van der Waals surface area contributed by atoms with Crippen molar-refractivity contribution in [1.82, 2.24) is 9.80 Å². The number of carbonyl (C=O) groups excluding carboxylic acids is 2. The highest BCUT2D eigenvalue weighted by atomic mass is 35.5. The highest BCUT2D eigenvalue weighted by molar-refractivity contribution is 8.00. The molecule has 0 radical (unpaired) electrons. The van der Waals surface area contributed by atoms with Crippen molar-refractivity contribution < 1.29 is 9.59 Å². The molecule has 0 bridgehead atoms. The molecule has 1 spiro atoms. The highest BCUT2D eigenvalue weighted by Gasteiger charge is 2.48. The zero-order valence-corrected chi connectivity index (χ0v) is 17.3. The Morgan fingerprint density at radius 2 is 1.92 bits per heavy atom. The average Bonchev–Trinajstić information content (AvgIpc) is 3.04. The van der Waals surface area contributed by atoms with Gasteiger partial charge in [-0.3, -0.25) is 9.59 Å². The van der Waals surface area contributed by atoms with Gasteiger partial charge in [0.1, 0.15) is 0 Å². The predicted octanol–water partition coefficient (Wildman–Crippen LogP) is 3.77. The summed E-state index contributed by atoms with van der Waals surface area (Å²) in [7, 11) is 0. The van der Waals surface area contributed by atoms with E-state index in [1.807, 2.05) is 66.6 Å². The molecule has 2 fully saturated rings. The highest BCUT2D eigenvalue weighted by Crippen LogP contribution is 2.45. The molecule has 2 aliphatic rings. The second-order valence-electron chi connectivity index (χ2n) is 7.93. The first-order chi connectivity index (χ1) is 12.3. The monoisotopic (exact) mass is 394 g/mol. The van der Waals surface area contributed by atoms with E-state index >= 15 is 0 Å². The molecular weight excluding hydrogens is 368 g/mol. The molecule has 2 heterocycles. The van der Waals surface area contributed by atoms with Crippen LogP contribution >= 0.6 is 23.4 Å². The summed E-state index contributed by atoms with van der Waals surface area (Å²) in [4.78, 5) is 29.6. The van der Waals surface area contributed by atoms with Crippen molar-refractivity contribution in [2.24, 2.45) is 5.41 Å². The van der Waals surface area contributed by atoms with Crippen LogP contribution in [0, 0.1) is 12.3 Å². The molecule has 26 heavy (non-hydrogen) atoms. The minimum atomic E-state index is -0.536. The van der Waals surface area contributed by atoms with E-state index in [2.05, 4.69) is 0 Å². The lowest BCUT2D eigenvalue weighted by Gasteiger charge is -2.45. The van der Waals surface area contributed by atoms with Crippen LogP contribution in [-0.2, 0) is 4.79 Å². The second kappa shape index (κ2) is 7.43. The van der Waals surface area contributed by atoms with E-state index in [0.29, 0.717) is 19.0 Å². The van der Waals surface area contributed by atoms with Gasteiger partial charge in [-0.2, -0.15) is 0 Å². The second-order valence-corrected chi connectivity index (χ2v) is 9.65. The normalized spacial score (nSPS) is 19.8. The molecule has 6 heteroatoms. The lowest BCUT2D eigenvalue weighted by atomic mass is 9.92. The fraction of sp³-hybridized carbons (Fsp3) is 0.600. The number of hydrogen-bond acceptors (Lipinski definition) is 3. The van der Waals surface area contributed by atoms with Crippen molar-refractivity contribution >= 4 is 35.2 Å². The molecule has 0 aromatic heterocycles. The van der Waals surface area contributed by atoms with Gasteiger partial charge >= 0.3 is 0 Å². The van der Waals surface area contributed by atoms with Crippen molar-refractivity contribution in [2.75, 3.05) is 31.3 Å².